The Morgan fingerprint density at radius 2 is 1.63 bits per heavy atom. The van der Waals surface area contributed by atoms with Crippen molar-refractivity contribution in [3.05, 3.63) is 82.0 Å². The van der Waals surface area contributed by atoms with Gasteiger partial charge in [-0.3, -0.25) is 4.79 Å². The number of hydrogen-bond acceptors (Lipinski definition) is 5. The Hall–Kier alpha value is -2.48. The Morgan fingerprint density at radius 3 is 2.17 bits per heavy atom. The third kappa shape index (κ3) is 4.98. The fourth-order valence-electron chi connectivity index (χ4n) is 3.25. The SMILES string of the molecule is CCN(CC)c1ccc(C(NS(=O)(=O)c2ccc(C)cc2)C(=O)c2ccsc2)cc1. The van der Waals surface area contributed by atoms with Gasteiger partial charge >= 0.3 is 0 Å². The minimum atomic E-state index is -3.87. The highest BCUT2D eigenvalue weighted by Gasteiger charge is 2.28. The number of carbonyl (C=O) groups excluding carboxylic acids is 1. The van der Waals surface area contributed by atoms with E-state index < -0.39 is 16.1 Å². The minimum absolute atomic E-state index is 0.135. The molecule has 1 atom stereocenters. The molecule has 0 amide bonds. The monoisotopic (exact) mass is 442 g/mol. The van der Waals surface area contributed by atoms with Crippen molar-refractivity contribution < 1.29 is 13.2 Å². The van der Waals surface area contributed by atoms with E-state index in [0.29, 0.717) is 11.1 Å². The maximum atomic E-state index is 13.2. The molecule has 1 heterocycles. The average molecular weight is 443 g/mol. The first-order valence-corrected chi connectivity index (χ1v) is 12.3. The van der Waals surface area contributed by atoms with Crippen LogP contribution in [-0.4, -0.2) is 27.3 Å². The molecule has 2 aromatic carbocycles. The van der Waals surface area contributed by atoms with Crippen LogP contribution in [0.15, 0.2) is 70.3 Å². The summed E-state index contributed by atoms with van der Waals surface area (Å²) in [6, 6.07) is 14.8. The van der Waals surface area contributed by atoms with Crippen LogP contribution in [0.5, 0.6) is 0 Å². The number of anilines is 1. The maximum absolute atomic E-state index is 13.2. The molecular weight excluding hydrogens is 416 g/mol. The van der Waals surface area contributed by atoms with E-state index in [1.54, 1.807) is 35.7 Å². The second-order valence-electron chi connectivity index (χ2n) is 7.01. The van der Waals surface area contributed by atoms with Crippen molar-refractivity contribution in [2.75, 3.05) is 18.0 Å². The van der Waals surface area contributed by atoms with Gasteiger partial charge < -0.3 is 4.90 Å². The lowest BCUT2D eigenvalue weighted by molar-refractivity contribution is 0.0954. The highest BCUT2D eigenvalue weighted by Crippen LogP contribution is 2.25. The van der Waals surface area contributed by atoms with Gasteiger partial charge in [-0.25, -0.2) is 8.42 Å². The Bertz CT molecular complexity index is 1070. The van der Waals surface area contributed by atoms with Gasteiger partial charge in [0.1, 0.15) is 6.04 Å². The zero-order chi connectivity index (χ0) is 21.7. The predicted molar refractivity (Wildman–Crippen MR) is 123 cm³/mol. The summed E-state index contributed by atoms with van der Waals surface area (Å²) < 4.78 is 28.6. The topological polar surface area (TPSA) is 66.5 Å². The molecule has 0 aliphatic carbocycles. The standard InChI is InChI=1S/C23H26N2O3S2/c1-4-25(5-2)20-10-8-18(9-11-20)22(23(26)19-14-15-29-16-19)24-30(27,28)21-12-6-17(3)7-13-21/h6-16,22,24H,4-5H2,1-3H3. The molecule has 0 spiro atoms. The van der Waals surface area contributed by atoms with E-state index in [2.05, 4.69) is 23.5 Å². The first-order chi connectivity index (χ1) is 14.4. The van der Waals surface area contributed by atoms with Crippen LogP contribution in [0.1, 0.15) is 41.4 Å². The molecule has 0 saturated heterocycles. The molecule has 0 fully saturated rings. The third-order valence-corrected chi connectivity index (χ3v) is 7.15. The molecule has 0 bridgehead atoms. The van der Waals surface area contributed by atoms with E-state index in [0.717, 1.165) is 24.3 Å². The Morgan fingerprint density at radius 1 is 1.00 bits per heavy atom. The smallest absolute Gasteiger partial charge is 0.241 e. The van der Waals surface area contributed by atoms with Gasteiger partial charge in [0, 0.05) is 29.7 Å². The number of nitrogens with zero attached hydrogens (tertiary/aromatic N) is 1. The van der Waals surface area contributed by atoms with Crippen LogP contribution < -0.4 is 9.62 Å². The molecule has 0 aliphatic heterocycles. The number of ketones is 1. The van der Waals surface area contributed by atoms with Gasteiger partial charge in [0.05, 0.1) is 4.90 Å². The van der Waals surface area contributed by atoms with Gasteiger partial charge in [-0.15, -0.1) is 0 Å². The number of sulfonamides is 1. The minimum Gasteiger partial charge on any atom is -0.372 e. The molecule has 0 aliphatic rings. The lowest BCUT2D eigenvalue weighted by Gasteiger charge is -2.23. The summed E-state index contributed by atoms with van der Waals surface area (Å²) in [4.78, 5) is 15.5. The molecule has 0 saturated carbocycles. The summed E-state index contributed by atoms with van der Waals surface area (Å²) in [7, 11) is -3.87. The van der Waals surface area contributed by atoms with Crippen LogP contribution in [0.25, 0.3) is 0 Å². The highest BCUT2D eigenvalue weighted by molar-refractivity contribution is 7.89. The van der Waals surface area contributed by atoms with E-state index >= 15 is 0 Å². The zero-order valence-electron chi connectivity index (χ0n) is 17.3. The summed E-state index contributed by atoms with van der Waals surface area (Å²) in [5, 5.41) is 3.54. The predicted octanol–water partition coefficient (Wildman–Crippen LogP) is 4.81. The molecule has 3 rings (SSSR count). The summed E-state index contributed by atoms with van der Waals surface area (Å²) in [5.74, 6) is -0.275. The van der Waals surface area contributed by atoms with Gasteiger partial charge in [0.2, 0.25) is 10.0 Å². The molecule has 1 aromatic heterocycles. The van der Waals surface area contributed by atoms with Crippen LogP contribution in [-0.2, 0) is 10.0 Å². The molecular formula is C23H26N2O3S2. The number of nitrogens with one attached hydrogen (secondary N) is 1. The summed E-state index contributed by atoms with van der Waals surface area (Å²) in [6.07, 6.45) is 0. The Balaban J connectivity index is 1.97. The zero-order valence-corrected chi connectivity index (χ0v) is 19.0. The molecule has 1 N–H and O–H groups in total. The number of rotatable bonds is 9. The quantitative estimate of drug-likeness (QED) is 0.483. The van der Waals surface area contributed by atoms with Gasteiger partial charge in [-0.2, -0.15) is 16.1 Å². The van der Waals surface area contributed by atoms with E-state index in [1.807, 2.05) is 36.6 Å². The van der Waals surface area contributed by atoms with Crippen molar-refractivity contribution in [1.82, 2.24) is 4.72 Å². The maximum Gasteiger partial charge on any atom is 0.241 e. The van der Waals surface area contributed by atoms with Gasteiger partial charge in [-0.1, -0.05) is 29.8 Å². The number of carbonyl (C=O) groups is 1. The van der Waals surface area contributed by atoms with Crippen molar-refractivity contribution in [2.45, 2.75) is 31.7 Å². The second-order valence-corrected chi connectivity index (χ2v) is 9.50. The number of benzene rings is 2. The fraction of sp³-hybridized carbons (Fsp3) is 0.261. The van der Waals surface area contributed by atoms with E-state index in [1.165, 1.54) is 11.3 Å². The van der Waals surface area contributed by atoms with Gasteiger partial charge in [0.25, 0.3) is 0 Å². The number of aryl methyl sites for hydroxylation is 1. The van der Waals surface area contributed by atoms with Crippen LogP contribution in [0.3, 0.4) is 0 Å². The fourth-order valence-corrected chi connectivity index (χ4v) is 5.08. The van der Waals surface area contributed by atoms with Crippen LogP contribution in [0, 0.1) is 6.92 Å². The number of hydrogen-bond donors (Lipinski definition) is 1. The van der Waals surface area contributed by atoms with Crippen molar-refractivity contribution in [3.63, 3.8) is 0 Å². The molecule has 0 radical (unpaired) electrons. The van der Waals surface area contributed by atoms with E-state index in [9.17, 15) is 13.2 Å². The molecule has 5 nitrogen and oxygen atoms in total. The van der Waals surface area contributed by atoms with Gasteiger partial charge in [-0.05, 0) is 62.0 Å². The molecule has 1 unspecified atom stereocenters. The summed E-state index contributed by atoms with van der Waals surface area (Å²) in [5.41, 5.74) is 3.10. The van der Waals surface area contributed by atoms with E-state index in [4.69, 9.17) is 0 Å². The number of Topliss-reactive ketones (excluding diaryl/α,β-unsaturated/α-hetero) is 1. The molecule has 7 heteroatoms. The first-order valence-electron chi connectivity index (χ1n) is 9.86. The third-order valence-electron chi connectivity index (χ3n) is 5.03. The van der Waals surface area contributed by atoms with Crippen molar-refractivity contribution >= 4 is 32.8 Å². The normalized spacial score (nSPS) is 12.5. The van der Waals surface area contributed by atoms with E-state index in [-0.39, 0.29) is 10.7 Å². The average Bonchev–Trinajstić information content (AvgIpc) is 3.28. The lowest BCUT2D eigenvalue weighted by atomic mass is 9.99. The Labute approximate surface area is 182 Å². The van der Waals surface area contributed by atoms with Crippen molar-refractivity contribution in [1.29, 1.82) is 0 Å². The Kier molecular flexibility index (Phi) is 7.07. The van der Waals surface area contributed by atoms with Crippen LogP contribution in [0.2, 0.25) is 0 Å². The molecule has 158 valence electrons. The second kappa shape index (κ2) is 9.55. The van der Waals surface area contributed by atoms with Crippen LogP contribution >= 0.6 is 11.3 Å². The largest absolute Gasteiger partial charge is 0.372 e. The van der Waals surface area contributed by atoms with Crippen molar-refractivity contribution in [3.8, 4) is 0 Å². The summed E-state index contributed by atoms with van der Waals surface area (Å²) in [6.45, 7) is 7.79. The van der Waals surface area contributed by atoms with Crippen molar-refractivity contribution in [2.24, 2.45) is 0 Å². The number of thiophene rings is 1. The summed E-state index contributed by atoms with van der Waals surface area (Å²) >= 11 is 1.40. The highest BCUT2D eigenvalue weighted by atomic mass is 32.2. The van der Waals surface area contributed by atoms with Gasteiger partial charge in [0.15, 0.2) is 5.78 Å². The lowest BCUT2D eigenvalue weighted by Crippen LogP contribution is -2.34. The molecule has 3 aromatic rings. The first kappa shape index (κ1) is 22.2. The van der Waals surface area contributed by atoms with Crippen LogP contribution in [0.4, 0.5) is 5.69 Å². The molecule has 30 heavy (non-hydrogen) atoms.